The molecule has 0 aliphatic heterocycles. The van der Waals surface area contributed by atoms with Crippen LogP contribution >= 0.6 is 27.5 Å². The quantitative estimate of drug-likeness (QED) is 0.624. The first kappa shape index (κ1) is 14.7. The molecule has 1 aromatic heterocycles. The van der Waals surface area contributed by atoms with Gasteiger partial charge < -0.3 is 0 Å². The van der Waals surface area contributed by atoms with Gasteiger partial charge in [0, 0.05) is 22.8 Å². The Morgan fingerprint density at radius 3 is 2.85 bits per heavy atom. The number of rotatable bonds is 3. The summed E-state index contributed by atoms with van der Waals surface area (Å²) in [5.74, 6) is 0.474. The molecule has 20 heavy (non-hydrogen) atoms. The van der Waals surface area contributed by atoms with E-state index in [1.807, 2.05) is 0 Å². The molecule has 0 spiro atoms. The molecule has 0 amide bonds. The lowest BCUT2D eigenvalue weighted by Gasteiger charge is -2.10. The molecule has 0 saturated heterocycles. The van der Waals surface area contributed by atoms with Crippen molar-refractivity contribution < 1.29 is 4.92 Å². The third-order valence-electron chi connectivity index (χ3n) is 2.78. The molecule has 0 radical (unpaired) electrons. The van der Waals surface area contributed by atoms with Gasteiger partial charge in [0.1, 0.15) is 10.3 Å². The van der Waals surface area contributed by atoms with Crippen LogP contribution in [-0.4, -0.2) is 14.5 Å². The van der Waals surface area contributed by atoms with Crippen molar-refractivity contribution in [3.8, 4) is 0 Å². The highest BCUT2D eigenvalue weighted by Crippen LogP contribution is 2.24. The minimum Gasteiger partial charge on any atom is -0.291 e. The molecule has 104 valence electrons. The highest BCUT2D eigenvalue weighted by molar-refractivity contribution is 9.10. The van der Waals surface area contributed by atoms with Gasteiger partial charge in [0.15, 0.2) is 0 Å². The summed E-state index contributed by atoms with van der Waals surface area (Å²) in [6, 6.07) is 4.35. The van der Waals surface area contributed by atoms with E-state index in [4.69, 9.17) is 11.6 Å². The van der Waals surface area contributed by atoms with Gasteiger partial charge in [-0.25, -0.2) is 4.98 Å². The first-order chi connectivity index (χ1) is 9.40. The number of hydrogen-bond donors (Lipinski definition) is 0. The number of benzene rings is 1. The Morgan fingerprint density at radius 2 is 2.20 bits per heavy atom. The van der Waals surface area contributed by atoms with Gasteiger partial charge in [0.05, 0.1) is 11.5 Å². The van der Waals surface area contributed by atoms with Crippen molar-refractivity contribution in [1.82, 2.24) is 9.55 Å². The van der Waals surface area contributed by atoms with E-state index in [-0.39, 0.29) is 22.8 Å². The number of nitrogens with zero attached hydrogens (tertiary/aromatic N) is 3. The highest BCUT2D eigenvalue weighted by Gasteiger charge is 2.16. The molecular weight excluding hydrogens is 350 g/mol. The summed E-state index contributed by atoms with van der Waals surface area (Å²) in [7, 11) is 0. The fraction of sp³-hybridized carbons (Fsp3) is 0.167. The lowest BCUT2D eigenvalue weighted by atomic mass is 10.2. The van der Waals surface area contributed by atoms with Crippen LogP contribution in [0.2, 0.25) is 5.02 Å². The average molecular weight is 359 g/mol. The summed E-state index contributed by atoms with van der Waals surface area (Å²) in [6.45, 7) is 1.72. The van der Waals surface area contributed by atoms with Gasteiger partial charge in [-0.15, -0.1) is 0 Å². The molecule has 8 heteroatoms. The molecule has 0 fully saturated rings. The molecule has 2 rings (SSSR count). The van der Waals surface area contributed by atoms with Crippen LogP contribution in [0.4, 0.5) is 5.69 Å². The molecule has 0 unspecified atom stereocenters. The molecule has 0 N–H and O–H groups in total. The van der Waals surface area contributed by atoms with Crippen LogP contribution in [0.3, 0.4) is 0 Å². The third kappa shape index (κ3) is 2.88. The lowest BCUT2D eigenvalue weighted by Crippen LogP contribution is -2.24. The second-order valence-electron chi connectivity index (χ2n) is 4.07. The van der Waals surface area contributed by atoms with Gasteiger partial charge in [0.25, 0.3) is 11.2 Å². The first-order valence-electron chi connectivity index (χ1n) is 5.55. The minimum absolute atomic E-state index is 0.0601. The van der Waals surface area contributed by atoms with Crippen molar-refractivity contribution in [2.75, 3.05) is 0 Å². The van der Waals surface area contributed by atoms with Crippen molar-refractivity contribution in [1.29, 1.82) is 0 Å². The van der Waals surface area contributed by atoms with Gasteiger partial charge in [-0.3, -0.25) is 19.5 Å². The third-order valence-corrected chi connectivity index (χ3v) is 3.56. The summed E-state index contributed by atoms with van der Waals surface area (Å²) < 4.78 is 1.67. The number of halogens is 2. The summed E-state index contributed by atoms with van der Waals surface area (Å²) in [5, 5.41) is 11.3. The largest absolute Gasteiger partial charge is 0.291 e. The van der Waals surface area contributed by atoms with Crippen LogP contribution < -0.4 is 5.56 Å². The highest BCUT2D eigenvalue weighted by atomic mass is 79.9. The fourth-order valence-corrected chi connectivity index (χ4v) is 2.23. The van der Waals surface area contributed by atoms with Crippen molar-refractivity contribution in [2.45, 2.75) is 13.5 Å². The molecule has 2 aromatic rings. The van der Waals surface area contributed by atoms with Gasteiger partial charge in [-0.1, -0.05) is 11.6 Å². The molecule has 0 bridgehead atoms. The van der Waals surface area contributed by atoms with Crippen LogP contribution in [0.5, 0.6) is 0 Å². The standard InChI is InChI=1S/C12H9BrClN3O3/c1-7-15-5-10(13)12(18)16(7)6-8-2-3-9(14)4-11(8)17(19)20/h2-5H,6H2,1H3. The molecule has 0 atom stereocenters. The molecule has 0 aliphatic rings. The van der Waals surface area contributed by atoms with Crippen molar-refractivity contribution in [3.63, 3.8) is 0 Å². The number of aryl methyl sites for hydroxylation is 1. The van der Waals surface area contributed by atoms with Crippen LogP contribution in [0.15, 0.2) is 33.7 Å². The molecule has 6 nitrogen and oxygen atoms in total. The zero-order chi connectivity index (χ0) is 14.9. The second-order valence-corrected chi connectivity index (χ2v) is 5.37. The van der Waals surface area contributed by atoms with Crippen molar-refractivity contribution in [2.24, 2.45) is 0 Å². The van der Waals surface area contributed by atoms with Gasteiger partial charge in [-0.2, -0.15) is 0 Å². The smallest absolute Gasteiger partial charge is 0.275 e. The lowest BCUT2D eigenvalue weighted by molar-refractivity contribution is -0.385. The zero-order valence-corrected chi connectivity index (χ0v) is 12.7. The van der Waals surface area contributed by atoms with Gasteiger partial charge in [0.2, 0.25) is 0 Å². The normalized spacial score (nSPS) is 10.6. The van der Waals surface area contributed by atoms with Crippen LogP contribution in [0, 0.1) is 17.0 Å². The maximum absolute atomic E-state index is 12.0. The van der Waals surface area contributed by atoms with E-state index in [9.17, 15) is 14.9 Å². The van der Waals surface area contributed by atoms with E-state index in [0.717, 1.165) is 0 Å². The Kier molecular flexibility index (Phi) is 4.20. The molecule has 0 aliphatic carbocycles. The Labute approximate surface area is 127 Å². The Morgan fingerprint density at radius 1 is 1.50 bits per heavy atom. The number of aromatic nitrogens is 2. The average Bonchev–Trinajstić information content (AvgIpc) is 2.40. The van der Waals surface area contributed by atoms with E-state index in [1.54, 1.807) is 13.0 Å². The topological polar surface area (TPSA) is 78.0 Å². The van der Waals surface area contributed by atoms with Crippen LogP contribution in [0.1, 0.15) is 11.4 Å². The zero-order valence-electron chi connectivity index (χ0n) is 10.3. The van der Waals surface area contributed by atoms with Gasteiger partial charge in [-0.05, 0) is 35.0 Å². The van der Waals surface area contributed by atoms with Crippen LogP contribution in [0.25, 0.3) is 0 Å². The predicted octanol–water partition coefficient (Wildman–Crippen LogP) is 2.92. The Hall–Kier alpha value is -1.73. The predicted molar refractivity (Wildman–Crippen MR) is 78.1 cm³/mol. The maximum atomic E-state index is 12.0. The molecule has 1 heterocycles. The van der Waals surface area contributed by atoms with Gasteiger partial charge >= 0.3 is 0 Å². The van der Waals surface area contributed by atoms with E-state index in [0.29, 0.717) is 15.9 Å². The first-order valence-corrected chi connectivity index (χ1v) is 6.72. The number of hydrogen-bond acceptors (Lipinski definition) is 4. The summed E-state index contributed by atoms with van der Waals surface area (Å²) in [6.07, 6.45) is 1.41. The molecular formula is C12H9BrClN3O3. The number of nitro groups is 1. The van der Waals surface area contributed by atoms with Crippen LogP contribution in [-0.2, 0) is 6.54 Å². The van der Waals surface area contributed by atoms with E-state index in [2.05, 4.69) is 20.9 Å². The van der Waals surface area contributed by atoms with E-state index < -0.39 is 4.92 Å². The Bertz CT molecular complexity index is 745. The Balaban J connectivity index is 2.54. The molecule has 1 aromatic carbocycles. The SMILES string of the molecule is Cc1ncc(Br)c(=O)n1Cc1ccc(Cl)cc1[N+](=O)[O-]. The van der Waals surface area contributed by atoms with Crippen molar-refractivity contribution >= 4 is 33.2 Å². The minimum atomic E-state index is -0.521. The monoisotopic (exact) mass is 357 g/mol. The number of nitro benzene ring substituents is 1. The summed E-state index contributed by atoms with van der Waals surface area (Å²) in [4.78, 5) is 26.6. The fourth-order valence-electron chi connectivity index (χ4n) is 1.75. The molecule has 0 saturated carbocycles. The summed E-state index contributed by atoms with van der Waals surface area (Å²) >= 11 is 8.86. The van der Waals surface area contributed by atoms with E-state index in [1.165, 1.54) is 22.9 Å². The summed E-state index contributed by atoms with van der Waals surface area (Å²) in [5.41, 5.74) is -0.0185. The second kappa shape index (κ2) is 5.72. The maximum Gasteiger partial charge on any atom is 0.275 e. The van der Waals surface area contributed by atoms with E-state index >= 15 is 0 Å². The van der Waals surface area contributed by atoms with Crippen molar-refractivity contribution in [3.05, 3.63) is 65.7 Å².